The minimum Gasteiger partial charge on any atom is -0.395 e. The number of aliphatic hydroxyl groups excluding tert-OH is 1. The third-order valence-electron chi connectivity index (χ3n) is 2.14. The molecule has 0 radical (unpaired) electrons. The number of rotatable bonds is 8. The van der Waals surface area contributed by atoms with E-state index in [0.29, 0.717) is 6.61 Å². The second kappa shape index (κ2) is 8.58. The Balaban J connectivity index is 2.11. The van der Waals surface area contributed by atoms with Crippen molar-refractivity contribution in [1.82, 2.24) is 5.32 Å². The average molecular weight is 241 g/mol. The first-order valence-electron chi connectivity index (χ1n) is 5.38. The van der Waals surface area contributed by atoms with Crippen LogP contribution in [0.5, 0.6) is 0 Å². The predicted octanol–water partition coefficient (Wildman–Crippen LogP) is 1.38. The van der Waals surface area contributed by atoms with E-state index in [2.05, 4.69) is 17.4 Å². The van der Waals surface area contributed by atoms with Crippen LogP contribution in [0.15, 0.2) is 35.2 Å². The molecule has 0 heterocycles. The van der Waals surface area contributed by atoms with Gasteiger partial charge in [0.15, 0.2) is 0 Å². The van der Waals surface area contributed by atoms with E-state index in [9.17, 15) is 0 Å². The van der Waals surface area contributed by atoms with Crippen LogP contribution >= 0.6 is 11.8 Å². The van der Waals surface area contributed by atoms with Crippen molar-refractivity contribution in [3.8, 4) is 0 Å². The van der Waals surface area contributed by atoms with Crippen molar-refractivity contribution in [2.45, 2.75) is 10.9 Å². The highest BCUT2D eigenvalue weighted by Crippen LogP contribution is 2.15. The van der Waals surface area contributed by atoms with Gasteiger partial charge in [0.2, 0.25) is 0 Å². The molecule has 2 N–H and O–H groups in total. The summed E-state index contributed by atoms with van der Waals surface area (Å²) in [6.45, 7) is 1.53. The summed E-state index contributed by atoms with van der Waals surface area (Å²) in [6, 6.07) is 10.3. The van der Waals surface area contributed by atoms with E-state index in [-0.39, 0.29) is 12.6 Å². The van der Waals surface area contributed by atoms with Crippen molar-refractivity contribution in [3.63, 3.8) is 0 Å². The fourth-order valence-corrected chi connectivity index (χ4v) is 2.13. The molecule has 0 saturated carbocycles. The lowest BCUT2D eigenvalue weighted by atomic mass is 10.3. The quantitative estimate of drug-likeness (QED) is 0.533. The molecular formula is C12H19NO2S. The van der Waals surface area contributed by atoms with Gasteiger partial charge in [-0.25, -0.2) is 0 Å². The Kier molecular flexibility index (Phi) is 7.25. The predicted molar refractivity (Wildman–Crippen MR) is 67.9 cm³/mol. The molecule has 1 unspecified atom stereocenters. The van der Waals surface area contributed by atoms with Gasteiger partial charge in [0.05, 0.1) is 19.3 Å². The number of hydrogen-bond donors (Lipinski definition) is 2. The van der Waals surface area contributed by atoms with E-state index in [0.717, 1.165) is 12.3 Å². The zero-order chi connectivity index (χ0) is 11.6. The highest BCUT2D eigenvalue weighted by atomic mass is 32.2. The van der Waals surface area contributed by atoms with Gasteiger partial charge in [-0.2, -0.15) is 0 Å². The second-order valence-electron chi connectivity index (χ2n) is 3.45. The maximum absolute atomic E-state index is 9.02. The van der Waals surface area contributed by atoms with Gasteiger partial charge >= 0.3 is 0 Å². The van der Waals surface area contributed by atoms with Crippen molar-refractivity contribution in [3.05, 3.63) is 30.3 Å². The molecule has 0 bridgehead atoms. The van der Waals surface area contributed by atoms with Crippen LogP contribution in [0.25, 0.3) is 0 Å². The molecule has 3 nitrogen and oxygen atoms in total. The standard InChI is InChI=1S/C12H19NO2S/c1-15-10-11(9-14)13-7-8-16-12-5-3-2-4-6-12/h2-6,11,13-14H,7-10H2,1H3. The molecule has 0 aromatic heterocycles. The number of nitrogens with one attached hydrogen (secondary N) is 1. The van der Waals surface area contributed by atoms with E-state index in [1.54, 1.807) is 18.9 Å². The van der Waals surface area contributed by atoms with Crippen molar-refractivity contribution in [2.75, 3.05) is 32.6 Å². The van der Waals surface area contributed by atoms with Gasteiger partial charge in [-0.15, -0.1) is 11.8 Å². The Labute approximate surface area is 101 Å². The van der Waals surface area contributed by atoms with Gasteiger partial charge in [-0.05, 0) is 12.1 Å². The Morgan fingerprint density at radius 3 is 2.75 bits per heavy atom. The van der Waals surface area contributed by atoms with Gasteiger partial charge in [0, 0.05) is 24.3 Å². The minimum atomic E-state index is 0.0429. The normalized spacial score (nSPS) is 12.6. The topological polar surface area (TPSA) is 41.5 Å². The summed E-state index contributed by atoms with van der Waals surface area (Å²) >= 11 is 1.81. The van der Waals surface area contributed by atoms with Crippen molar-refractivity contribution in [2.24, 2.45) is 0 Å². The zero-order valence-corrected chi connectivity index (χ0v) is 10.4. The molecule has 1 aromatic carbocycles. The van der Waals surface area contributed by atoms with E-state index in [4.69, 9.17) is 9.84 Å². The van der Waals surface area contributed by atoms with E-state index in [1.807, 2.05) is 18.2 Å². The molecule has 90 valence electrons. The molecule has 1 aromatic rings. The molecule has 1 atom stereocenters. The third-order valence-corrected chi connectivity index (χ3v) is 3.15. The van der Waals surface area contributed by atoms with Crippen LogP contribution in [0.1, 0.15) is 0 Å². The lowest BCUT2D eigenvalue weighted by Crippen LogP contribution is -2.37. The Bertz CT molecular complexity index is 269. The first-order valence-corrected chi connectivity index (χ1v) is 6.36. The molecule has 0 fully saturated rings. The Hall–Kier alpha value is -0.550. The summed E-state index contributed by atoms with van der Waals surface area (Å²) in [5, 5.41) is 12.3. The number of ether oxygens (including phenoxy) is 1. The highest BCUT2D eigenvalue weighted by Gasteiger charge is 2.04. The van der Waals surface area contributed by atoms with Gasteiger partial charge in [0.1, 0.15) is 0 Å². The van der Waals surface area contributed by atoms with Gasteiger partial charge in [-0.3, -0.25) is 0 Å². The van der Waals surface area contributed by atoms with Gasteiger partial charge < -0.3 is 15.2 Å². The molecule has 0 aliphatic rings. The van der Waals surface area contributed by atoms with Crippen LogP contribution in [-0.2, 0) is 4.74 Å². The van der Waals surface area contributed by atoms with Crippen LogP contribution in [0, 0.1) is 0 Å². The van der Waals surface area contributed by atoms with Crippen LogP contribution in [0.4, 0.5) is 0 Å². The van der Waals surface area contributed by atoms with Crippen LogP contribution < -0.4 is 5.32 Å². The largest absolute Gasteiger partial charge is 0.395 e. The molecule has 1 rings (SSSR count). The third kappa shape index (κ3) is 5.51. The van der Waals surface area contributed by atoms with E-state index < -0.39 is 0 Å². The first kappa shape index (κ1) is 13.5. The monoisotopic (exact) mass is 241 g/mol. The van der Waals surface area contributed by atoms with Crippen molar-refractivity contribution >= 4 is 11.8 Å². The van der Waals surface area contributed by atoms with Gasteiger partial charge in [-0.1, -0.05) is 18.2 Å². The highest BCUT2D eigenvalue weighted by molar-refractivity contribution is 7.99. The number of methoxy groups -OCH3 is 1. The summed E-state index contributed by atoms with van der Waals surface area (Å²) < 4.78 is 4.98. The fourth-order valence-electron chi connectivity index (χ4n) is 1.33. The summed E-state index contributed by atoms with van der Waals surface area (Å²) in [7, 11) is 1.64. The molecule has 0 saturated heterocycles. The summed E-state index contributed by atoms with van der Waals surface area (Å²) in [6.07, 6.45) is 0. The van der Waals surface area contributed by atoms with Gasteiger partial charge in [0.25, 0.3) is 0 Å². The Morgan fingerprint density at radius 1 is 1.38 bits per heavy atom. The van der Waals surface area contributed by atoms with Crippen molar-refractivity contribution in [1.29, 1.82) is 0 Å². The lowest BCUT2D eigenvalue weighted by Gasteiger charge is -2.14. The minimum absolute atomic E-state index is 0.0429. The maximum atomic E-state index is 9.02. The van der Waals surface area contributed by atoms with E-state index in [1.165, 1.54) is 4.90 Å². The molecule has 0 amide bonds. The van der Waals surface area contributed by atoms with E-state index >= 15 is 0 Å². The number of hydrogen-bond acceptors (Lipinski definition) is 4. The zero-order valence-electron chi connectivity index (χ0n) is 9.56. The number of thioether (sulfide) groups is 1. The maximum Gasteiger partial charge on any atom is 0.0638 e. The Morgan fingerprint density at radius 2 is 2.12 bits per heavy atom. The summed E-state index contributed by atoms with van der Waals surface area (Å²) in [5.41, 5.74) is 0. The molecule has 0 spiro atoms. The second-order valence-corrected chi connectivity index (χ2v) is 4.62. The SMILES string of the molecule is COCC(CO)NCCSc1ccccc1. The fraction of sp³-hybridized carbons (Fsp3) is 0.500. The molecule has 0 aliphatic heterocycles. The van der Waals surface area contributed by atoms with Crippen LogP contribution in [0.2, 0.25) is 0 Å². The molecule has 4 heteroatoms. The molecular weight excluding hydrogens is 222 g/mol. The first-order chi connectivity index (χ1) is 7.86. The lowest BCUT2D eigenvalue weighted by molar-refractivity contribution is 0.130. The number of benzene rings is 1. The molecule has 16 heavy (non-hydrogen) atoms. The smallest absolute Gasteiger partial charge is 0.0638 e. The summed E-state index contributed by atoms with van der Waals surface area (Å²) in [4.78, 5) is 1.27. The average Bonchev–Trinajstić information content (AvgIpc) is 2.34. The van der Waals surface area contributed by atoms with Crippen molar-refractivity contribution < 1.29 is 9.84 Å². The summed E-state index contributed by atoms with van der Waals surface area (Å²) in [5.74, 6) is 0.990. The molecule has 0 aliphatic carbocycles. The van der Waals surface area contributed by atoms with Crippen LogP contribution in [0.3, 0.4) is 0 Å². The van der Waals surface area contributed by atoms with Crippen LogP contribution in [-0.4, -0.2) is 43.8 Å². The number of aliphatic hydroxyl groups is 1.